The zero-order valence-corrected chi connectivity index (χ0v) is 16.1. The first-order chi connectivity index (χ1) is 12.9. The number of esters is 1. The molecule has 6 heteroatoms. The van der Waals surface area contributed by atoms with Crippen molar-refractivity contribution in [3.05, 3.63) is 85.5 Å². The molecule has 2 aromatic rings. The van der Waals surface area contributed by atoms with Crippen LogP contribution in [0, 0.1) is 0 Å². The molecular weight excluding hydrogens is 362 g/mol. The van der Waals surface area contributed by atoms with E-state index < -0.39 is 22.0 Å². The summed E-state index contributed by atoms with van der Waals surface area (Å²) in [5.41, 5.74) is 1.38. The number of rotatable bonds is 9. The lowest BCUT2D eigenvalue weighted by Crippen LogP contribution is -2.46. The van der Waals surface area contributed by atoms with Crippen LogP contribution in [0.15, 0.2) is 84.8 Å². The molecule has 0 fully saturated rings. The van der Waals surface area contributed by atoms with Crippen molar-refractivity contribution < 1.29 is 17.9 Å². The molecule has 0 amide bonds. The van der Waals surface area contributed by atoms with E-state index in [1.807, 2.05) is 30.3 Å². The van der Waals surface area contributed by atoms with E-state index in [1.165, 1.54) is 25.3 Å². The highest BCUT2D eigenvalue weighted by atomic mass is 32.2. The Labute approximate surface area is 160 Å². The van der Waals surface area contributed by atoms with Crippen LogP contribution in [0.4, 0.5) is 0 Å². The standard InChI is InChI=1S/C21H23NO4S/c1-4-11-20(21(23)26-3)22(16-17(2)18-12-7-5-8-13-18)27(24,25)19-14-9-6-10-15-19/h4-10,12-15,20H,1-2,11,16H2,3H3. The van der Waals surface area contributed by atoms with Gasteiger partial charge in [-0.3, -0.25) is 4.79 Å². The number of nitrogens with zero attached hydrogens (tertiary/aromatic N) is 1. The normalized spacial score (nSPS) is 12.4. The lowest BCUT2D eigenvalue weighted by atomic mass is 10.1. The summed E-state index contributed by atoms with van der Waals surface area (Å²) in [4.78, 5) is 12.4. The van der Waals surface area contributed by atoms with Gasteiger partial charge in [-0.1, -0.05) is 61.2 Å². The molecule has 0 aliphatic heterocycles. The molecule has 142 valence electrons. The number of hydrogen-bond acceptors (Lipinski definition) is 4. The third-order valence-electron chi connectivity index (χ3n) is 4.09. The third-order valence-corrected chi connectivity index (χ3v) is 5.96. The first-order valence-electron chi connectivity index (χ1n) is 8.40. The fraction of sp³-hybridized carbons (Fsp3) is 0.190. The van der Waals surface area contributed by atoms with Crippen molar-refractivity contribution in [2.75, 3.05) is 13.7 Å². The molecule has 0 radical (unpaired) electrons. The fourth-order valence-corrected chi connectivity index (χ4v) is 4.27. The quantitative estimate of drug-likeness (QED) is 0.489. The Balaban J connectivity index is 2.49. The van der Waals surface area contributed by atoms with Gasteiger partial charge in [-0.05, 0) is 29.7 Å². The number of benzene rings is 2. The minimum Gasteiger partial charge on any atom is -0.468 e. The molecule has 0 saturated heterocycles. The highest BCUT2D eigenvalue weighted by Crippen LogP contribution is 2.24. The molecule has 2 aromatic carbocycles. The molecule has 1 atom stereocenters. The Bertz CT molecular complexity index is 892. The van der Waals surface area contributed by atoms with Crippen molar-refractivity contribution in [2.24, 2.45) is 0 Å². The first kappa shape index (κ1) is 20.6. The van der Waals surface area contributed by atoms with Crippen LogP contribution in [0.2, 0.25) is 0 Å². The molecule has 0 bridgehead atoms. The summed E-state index contributed by atoms with van der Waals surface area (Å²) in [5, 5.41) is 0. The second kappa shape index (κ2) is 9.30. The van der Waals surface area contributed by atoms with Crippen LogP contribution >= 0.6 is 0 Å². The molecule has 5 nitrogen and oxygen atoms in total. The Morgan fingerprint density at radius 2 is 1.67 bits per heavy atom. The molecule has 0 aliphatic rings. The second-order valence-corrected chi connectivity index (χ2v) is 7.79. The largest absolute Gasteiger partial charge is 0.468 e. The molecule has 0 N–H and O–H groups in total. The van der Waals surface area contributed by atoms with Crippen molar-refractivity contribution in [1.82, 2.24) is 4.31 Å². The number of methoxy groups -OCH3 is 1. The molecule has 0 aliphatic carbocycles. The van der Waals surface area contributed by atoms with Crippen LogP contribution in [0.5, 0.6) is 0 Å². The molecule has 0 aromatic heterocycles. The van der Waals surface area contributed by atoms with Crippen molar-refractivity contribution in [1.29, 1.82) is 0 Å². The maximum absolute atomic E-state index is 13.3. The van der Waals surface area contributed by atoms with E-state index >= 15 is 0 Å². The average Bonchev–Trinajstić information content (AvgIpc) is 2.71. The topological polar surface area (TPSA) is 63.7 Å². The van der Waals surface area contributed by atoms with Crippen LogP contribution in [0.1, 0.15) is 12.0 Å². The number of hydrogen-bond donors (Lipinski definition) is 0. The van der Waals surface area contributed by atoms with Gasteiger partial charge in [0.05, 0.1) is 12.0 Å². The second-order valence-electron chi connectivity index (χ2n) is 5.90. The summed E-state index contributed by atoms with van der Waals surface area (Å²) >= 11 is 0. The van der Waals surface area contributed by atoms with Gasteiger partial charge in [0.25, 0.3) is 0 Å². The summed E-state index contributed by atoms with van der Waals surface area (Å²) in [6.07, 6.45) is 1.63. The smallest absolute Gasteiger partial charge is 0.324 e. The summed E-state index contributed by atoms with van der Waals surface area (Å²) in [5.74, 6) is -0.643. The van der Waals surface area contributed by atoms with Crippen molar-refractivity contribution in [2.45, 2.75) is 17.4 Å². The lowest BCUT2D eigenvalue weighted by Gasteiger charge is -2.29. The van der Waals surface area contributed by atoms with Gasteiger partial charge in [0.15, 0.2) is 0 Å². The minimum atomic E-state index is -3.96. The van der Waals surface area contributed by atoms with Crippen LogP contribution in [0.3, 0.4) is 0 Å². The SMILES string of the molecule is C=CCC(C(=O)OC)N(CC(=C)c1ccccc1)S(=O)(=O)c1ccccc1. The first-order valence-corrected chi connectivity index (χ1v) is 9.84. The van der Waals surface area contributed by atoms with Gasteiger partial charge >= 0.3 is 5.97 Å². The van der Waals surface area contributed by atoms with Gasteiger partial charge in [-0.25, -0.2) is 8.42 Å². The van der Waals surface area contributed by atoms with Gasteiger partial charge in [-0.2, -0.15) is 4.31 Å². The van der Waals surface area contributed by atoms with E-state index in [9.17, 15) is 13.2 Å². The zero-order chi connectivity index (χ0) is 19.9. The van der Waals surface area contributed by atoms with Gasteiger partial charge in [-0.15, -0.1) is 6.58 Å². The molecular formula is C21H23NO4S. The molecule has 0 heterocycles. The zero-order valence-electron chi connectivity index (χ0n) is 15.2. The van der Waals surface area contributed by atoms with E-state index in [1.54, 1.807) is 18.2 Å². The summed E-state index contributed by atoms with van der Waals surface area (Å²) < 4.78 is 32.5. The van der Waals surface area contributed by atoms with E-state index in [2.05, 4.69) is 13.2 Å². The average molecular weight is 385 g/mol. The van der Waals surface area contributed by atoms with Crippen LogP contribution in [-0.2, 0) is 19.6 Å². The van der Waals surface area contributed by atoms with Gasteiger partial charge in [0.1, 0.15) is 6.04 Å². The maximum atomic E-state index is 13.3. The van der Waals surface area contributed by atoms with Crippen molar-refractivity contribution in [3.63, 3.8) is 0 Å². The molecule has 0 saturated carbocycles. The third kappa shape index (κ3) is 4.93. The van der Waals surface area contributed by atoms with Gasteiger partial charge in [0, 0.05) is 6.54 Å². The summed E-state index contributed by atoms with van der Waals surface area (Å²) in [7, 11) is -2.72. The number of ether oxygens (including phenoxy) is 1. The van der Waals surface area contributed by atoms with Crippen LogP contribution < -0.4 is 0 Å². The summed E-state index contributed by atoms with van der Waals surface area (Å²) in [6.45, 7) is 7.61. The molecule has 1 unspecified atom stereocenters. The van der Waals surface area contributed by atoms with Gasteiger partial charge < -0.3 is 4.74 Å². The van der Waals surface area contributed by atoms with Gasteiger partial charge in [0.2, 0.25) is 10.0 Å². The monoisotopic (exact) mass is 385 g/mol. The predicted molar refractivity (Wildman–Crippen MR) is 106 cm³/mol. The molecule has 27 heavy (non-hydrogen) atoms. The highest BCUT2D eigenvalue weighted by molar-refractivity contribution is 7.89. The van der Waals surface area contributed by atoms with Crippen LogP contribution in [0.25, 0.3) is 5.57 Å². The van der Waals surface area contributed by atoms with E-state index in [0.717, 1.165) is 9.87 Å². The fourth-order valence-electron chi connectivity index (χ4n) is 2.67. The Hall–Kier alpha value is -2.70. The van der Waals surface area contributed by atoms with Crippen molar-refractivity contribution >= 4 is 21.6 Å². The van der Waals surface area contributed by atoms with E-state index in [-0.39, 0.29) is 17.9 Å². The molecule has 2 rings (SSSR count). The predicted octanol–water partition coefficient (Wildman–Crippen LogP) is 3.51. The summed E-state index contributed by atoms with van der Waals surface area (Å²) in [6, 6.07) is 16.2. The van der Waals surface area contributed by atoms with E-state index in [0.29, 0.717) is 5.57 Å². The maximum Gasteiger partial charge on any atom is 0.324 e. The minimum absolute atomic E-state index is 0.0468. The number of carbonyl (C=O) groups excluding carboxylic acids is 1. The number of sulfonamides is 1. The van der Waals surface area contributed by atoms with E-state index in [4.69, 9.17) is 4.74 Å². The highest BCUT2D eigenvalue weighted by Gasteiger charge is 2.36. The Morgan fingerprint density at radius 3 is 2.19 bits per heavy atom. The lowest BCUT2D eigenvalue weighted by molar-refractivity contribution is -0.144. The Morgan fingerprint density at radius 1 is 1.11 bits per heavy atom. The Kier molecular flexibility index (Phi) is 7.10. The van der Waals surface area contributed by atoms with Crippen LogP contribution in [-0.4, -0.2) is 38.4 Å². The number of carbonyl (C=O) groups is 1. The van der Waals surface area contributed by atoms with Crippen molar-refractivity contribution in [3.8, 4) is 0 Å². The molecule has 0 spiro atoms.